The second-order valence-corrected chi connectivity index (χ2v) is 15.1. The van der Waals surface area contributed by atoms with Crippen LogP contribution >= 0.6 is 26.9 Å². The zero-order valence-electron chi connectivity index (χ0n) is 13.1. The summed E-state index contributed by atoms with van der Waals surface area (Å²) in [5.74, 6) is 0. The highest BCUT2D eigenvalue weighted by Crippen LogP contribution is 2.73. The predicted molar refractivity (Wildman–Crippen MR) is 111 cm³/mol. The van der Waals surface area contributed by atoms with Crippen molar-refractivity contribution in [2.24, 2.45) is 0 Å². The Morgan fingerprint density at radius 2 is 0.739 bits per heavy atom. The zero-order chi connectivity index (χ0) is 16.0. The van der Waals surface area contributed by atoms with Gasteiger partial charge >= 0.3 is 0 Å². The van der Waals surface area contributed by atoms with Crippen LogP contribution in [-0.4, -0.2) is 0 Å². The van der Waals surface area contributed by atoms with Gasteiger partial charge in [0, 0.05) is 0 Å². The Balaban J connectivity index is 1.85. The standard InChI is InChI=1S/C21H21IP/c22-23(16-19-10-4-1-5-11-19,17-20-12-6-2-7-13-20)18-21-14-8-3-9-15-21/h1-15H,16-18H2/q+1. The maximum absolute atomic E-state index is 2.80. The fraction of sp³-hybridized carbons (Fsp3) is 0.143. The lowest BCUT2D eigenvalue weighted by atomic mass is 10.2. The Bertz CT molecular complexity index is 609. The van der Waals surface area contributed by atoms with E-state index < -0.39 is 4.90 Å². The number of hydrogen-bond donors (Lipinski definition) is 0. The number of benzene rings is 3. The molecule has 0 amide bonds. The molecular formula is C21H21IP+. The molecule has 0 atom stereocenters. The minimum absolute atomic E-state index is 1.17. The molecule has 23 heavy (non-hydrogen) atoms. The topological polar surface area (TPSA) is 0 Å². The molecular weight excluding hydrogens is 410 g/mol. The zero-order valence-corrected chi connectivity index (χ0v) is 16.2. The Morgan fingerprint density at radius 3 is 1.00 bits per heavy atom. The molecule has 0 aliphatic heterocycles. The molecule has 0 N–H and O–H groups in total. The SMILES string of the molecule is I[P+](Cc1ccccc1)(Cc1ccccc1)Cc1ccccc1. The molecule has 0 saturated carbocycles. The van der Waals surface area contributed by atoms with Gasteiger partial charge in [-0.3, -0.25) is 0 Å². The van der Waals surface area contributed by atoms with Crippen molar-refractivity contribution in [3.63, 3.8) is 0 Å². The van der Waals surface area contributed by atoms with Crippen molar-refractivity contribution >= 4 is 26.9 Å². The summed E-state index contributed by atoms with van der Waals surface area (Å²) in [6.45, 7) is 0. The molecule has 0 aromatic heterocycles. The van der Waals surface area contributed by atoms with Crippen molar-refractivity contribution in [3.8, 4) is 0 Å². The van der Waals surface area contributed by atoms with Crippen LogP contribution in [0.25, 0.3) is 0 Å². The van der Waals surface area contributed by atoms with E-state index in [2.05, 4.69) is 113 Å². The summed E-state index contributed by atoms with van der Waals surface area (Å²) < 4.78 is 0. The van der Waals surface area contributed by atoms with Gasteiger partial charge in [0.25, 0.3) is 0 Å². The molecule has 0 aliphatic carbocycles. The van der Waals surface area contributed by atoms with E-state index in [4.69, 9.17) is 0 Å². The lowest BCUT2D eigenvalue weighted by Gasteiger charge is -2.21. The third-order valence-corrected chi connectivity index (χ3v) is 9.79. The fourth-order valence-electron chi connectivity index (χ4n) is 2.90. The minimum Gasteiger partial charge on any atom is -0.0622 e. The smallest absolute Gasteiger partial charge is 0.0622 e. The number of rotatable bonds is 6. The monoisotopic (exact) mass is 431 g/mol. The first-order chi connectivity index (χ1) is 11.2. The van der Waals surface area contributed by atoms with Gasteiger partial charge in [-0.05, 0) is 16.7 Å². The van der Waals surface area contributed by atoms with E-state index in [-0.39, 0.29) is 0 Å². The molecule has 116 valence electrons. The van der Waals surface area contributed by atoms with Gasteiger partial charge in [-0.25, -0.2) is 0 Å². The molecule has 0 radical (unpaired) electrons. The highest BCUT2D eigenvalue weighted by Gasteiger charge is 2.35. The first-order valence-corrected chi connectivity index (χ1v) is 13.0. The summed E-state index contributed by atoms with van der Waals surface area (Å²) in [4.78, 5) is -1.17. The van der Waals surface area contributed by atoms with Crippen molar-refractivity contribution in [2.75, 3.05) is 0 Å². The van der Waals surface area contributed by atoms with Crippen molar-refractivity contribution in [1.29, 1.82) is 0 Å². The molecule has 0 fully saturated rings. The fourth-order valence-corrected chi connectivity index (χ4v) is 9.38. The average Bonchev–Trinajstić information content (AvgIpc) is 2.57. The summed E-state index contributed by atoms with van der Waals surface area (Å²) in [5.41, 5.74) is 4.38. The van der Waals surface area contributed by atoms with Gasteiger partial charge in [-0.2, -0.15) is 0 Å². The lowest BCUT2D eigenvalue weighted by Crippen LogP contribution is -1.99. The van der Waals surface area contributed by atoms with Crippen LogP contribution in [0.4, 0.5) is 0 Å². The van der Waals surface area contributed by atoms with E-state index in [1.807, 2.05) is 0 Å². The quantitative estimate of drug-likeness (QED) is 0.293. The molecule has 0 saturated heterocycles. The van der Waals surface area contributed by atoms with Crippen LogP contribution < -0.4 is 0 Å². The van der Waals surface area contributed by atoms with Crippen LogP contribution in [0.15, 0.2) is 91.0 Å². The average molecular weight is 431 g/mol. The molecule has 0 nitrogen and oxygen atoms in total. The predicted octanol–water partition coefficient (Wildman–Crippen LogP) is 6.95. The van der Waals surface area contributed by atoms with Crippen LogP contribution in [0, 0.1) is 0 Å². The molecule has 3 aromatic carbocycles. The first kappa shape index (κ1) is 16.7. The van der Waals surface area contributed by atoms with Gasteiger partial charge in [0.05, 0.1) is 23.4 Å². The van der Waals surface area contributed by atoms with Crippen molar-refractivity contribution < 1.29 is 0 Å². The minimum atomic E-state index is -1.17. The summed E-state index contributed by atoms with van der Waals surface area (Å²) in [5, 5.41) is 0. The van der Waals surface area contributed by atoms with Crippen molar-refractivity contribution in [3.05, 3.63) is 108 Å². The van der Waals surface area contributed by atoms with Crippen molar-refractivity contribution in [2.45, 2.75) is 18.5 Å². The maximum Gasteiger partial charge on any atom is 0.155 e. The second kappa shape index (κ2) is 8.08. The summed E-state index contributed by atoms with van der Waals surface area (Å²) >= 11 is 2.80. The number of hydrogen-bond acceptors (Lipinski definition) is 0. The number of halogens is 1. The molecule has 3 aromatic rings. The third-order valence-electron chi connectivity index (χ3n) is 3.93. The third kappa shape index (κ3) is 5.16. The Hall–Kier alpha value is -1.18. The second-order valence-electron chi connectivity index (χ2n) is 5.96. The van der Waals surface area contributed by atoms with Gasteiger partial charge < -0.3 is 0 Å². The molecule has 3 rings (SSSR count). The highest BCUT2D eigenvalue weighted by molar-refractivity contribution is 14.2. The summed E-state index contributed by atoms with van der Waals surface area (Å²) in [6.07, 6.45) is 3.58. The first-order valence-electron chi connectivity index (χ1n) is 7.91. The van der Waals surface area contributed by atoms with E-state index >= 15 is 0 Å². The van der Waals surface area contributed by atoms with E-state index in [0.717, 1.165) is 0 Å². The Morgan fingerprint density at radius 1 is 0.478 bits per heavy atom. The van der Waals surface area contributed by atoms with Crippen LogP contribution in [-0.2, 0) is 18.5 Å². The normalized spacial score (nSPS) is 11.3. The summed E-state index contributed by atoms with van der Waals surface area (Å²) in [7, 11) is 0. The molecule has 0 bridgehead atoms. The maximum atomic E-state index is 2.80. The lowest BCUT2D eigenvalue weighted by molar-refractivity contribution is 1.26. The molecule has 2 heteroatoms. The Kier molecular flexibility index (Phi) is 5.85. The van der Waals surface area contributed by atoms with Crippen LogP contribution in [0.2, 0.25) is 0 Å². The van der Waals surface area contributed by atoms with Gasteiger partial charge in [0.2, 0.25) is 0 Å². The molecule has 0 heterocycles. The summed E-state index contributed by atoms with van der Waals surface area (Å²) in [6, 6.07) is 32.8. The van der Waals surface area contributed by atoms with Gasteiger partial charge in [-0.1, -0.05) is 91.0 Å². The van der Waals surface area contributed by atoms with Gasteiger partial charge in [-0.15, -0.1) is 0 Å². The van der Waals surface area contributed by atoms with Gasteiger partial charge in [0.15, 0.2) is 22.0 Å². The Labute approximate surface area is 152 Å². The van der Waals surface area contributed by atoms with Crippen LogP contribution in [0.1, 0.15) is 16.7 Å². The highest BCUT2D eigenvalue weighted by atomic mass is 127. The van der Waals surface area contributed by atoms with E-state index in [0.29, 0.717) is 0 Å². The largest absolute Gasteiger partial charge is 0.155 e. The van der Waals surface area contributed by atoms with E-state index in [9.17, 15) is 0 Å². The molecule has 0 aliphatic rings. The van der Waals surface area contributed by atoms with Crippen LogP contribution in [0.5, 0.6) is 0 Å². The van der Waals surface area contributed by atoms with Crippen LogP contribution in [0.3, 0.4) is 0 Å². The van der Waals surface area contributed by atoms with Crippen molar-refractivity contribution in [1.82, 2.24) is 0 Å². The van der Waals surface area contributed by atoms with E-state index in [1.54, 1.807) is 0 Å². The molecule has 0 spiro atoms. The molecule has 0 unspecified atom stereocenters. The van der Waals surface area contributed by atoms with Gasteiger partial charge in [0.1, 0.15) is 0 Å². The van der Waals surface area contributed by atoms with E-state index in [1.165, 1.54) is 35.2 Å².